The van der Waals surface area contributed by atoms with Gasteiger partial charge in [-0.05, 0) is 54.1 Å². The van der Waals surface area contributed by atoms with Crippen LogP contribution in [0.25, 0.3) is 6.08 Å². The highest BCUT2D eigenvalue weighted by Crippen LogP contribution is 2.33. The van der Waals surface area contributed by atoms with Crippen molar-refractivity contribution >= 4 is 44.7 Å². The van der Waals surface area contributed by atoms with Crippen molar-refractivity contribution < 1.29 is 13.2 Å². The van der Waals surface area contributed by atoms with E-state index in [9.17, 15) is 13.2 Å². The molecule has 0 radical (unpaired) electrons. The smallest absolute Gasteiger partial charge is 0.268 e. The number of rotatable bonds is 5. The SMILES string of the molecule is Cc1ccc(C=CS(=O)(=O)Nc2ccc3c(c2)N(C(=O)c2cccs2)CC3)cc1. The summed E-state index contributed by atoms with van der Waals surface area (Å²) in [6, 6.07) is 16.6. The van der Waals surface area contributed by atoms with Gasteiger partial charge in [-0.25, -0.2) is 8.42 Å². The molecule has 148 valence electrons. The molecule has 5 nitrogen and oxygen atoms in total. The normalized spacial score (nSPS) is 13.6. The van der Waals surface area contributed by atoms with E-state index in [0.29, 0.717) is 17.1 Å². The lowest BCUT2D eigenvalue weighted by molar-refractivity contribution is 0.0993. The number of aryl methyl sites for hydroxylation is 1. The molecule has 29 heavy (non-hydrogen) atoms. The van der Waals surface area contributed by atoms with Crippen LogP contribution in [0.4, 0.5) is 11.4 Å². The molecule has 0 saturated heterocycles. The minimum absolute atomic E-state index is 0.0574. The molecule has 3 aromatic rings. The minimum atomic E-state index is -3.67. The maximum atomic E-state index is 12.7. The number of fused-ring (bicyclic) bond motifs is 1. The van der Waals surface area contributed by atoms with Gasteiger partial charge in [-0.2, -0.15) is 0 Å². The molecule has 1 N–H and O–H groups in total. The number of amides is 1. The zero-order valence-corrected chi connectivity index (χ0v) is 17.5. The topological polar surface area (TPSA) is 66.5 Å². The molecule has 0 bridgehead atoms. The molecule has 2 aromatic carbocycles. The molecule has 2 heterocycles. The third-order valence-corrected chi connectivity index (χ3v) is 6.61. The van der Waals surface area contributed by atoms with Gasteiger partial charge in [0.25, 0.3) is 15.9 Å². The van der Waals surface area contributed by atoms with Gasteiger partial charge in [0, 0.05) is 12.2 Å². The van der Waals surface area contributed by atoms with Crippen LogP contribution in [0.2, 0.25) is 0 Å². The van der Waals surface area contributed by atoms with Crippen LogP contribution in [0.15, 0.2) is 65.4 Å². The fraction of sp³-hybridized carbons (Fsp3) is 0.136. The second-order valence-electron chi connectivity index (χ2n) is 6.89. The minimum Gasteiger partial charge on any atom is -0.307 e. The third kappa shape index (κ3) is 4.41. The molecule has 0 fully saturated rings. The van der Waals surface area contributed by atoms with Crippen LogP contribution < -0.4 is 9.62 Å². The van der Waals surface area contributed by atoms with Crippen LogP contribution in [0.1, 0.15) is 26.4 Å². The van der Waals surface area contributed by atoms with Crippen molar-refractivity contribution in [3.05, 3.63) is 87.0 Å². The Bertz CT molecular complexity index is 1170. The molecular formula is C22H20N2O3S2. The average Bonchev–Trinajstić information content (AvgIpc) is 3.37. The van der Waals surface area contributed by atoms with Crippen LogP contribution in [-0.2, 0) is 16.4 Å². The summed E-state index contributed by atoms with van der Waals surface area (Å²) in [4.78, 5) is 15.1. The second-order valence-corrected chi connectivity index (χ2v) is 9.40. The Labute approximate surface area is 174 Å². The molecule has 4 rings (SSSR count). The number of sulfonamides is 1. The Morgan fingerprint density at radius 1 is 1.14 bits per heavy atom. The maximum Gasteiger partial charge on any atom is 0.268 e. The van der Waals surface area contributed by atoms with E-state index in [1.54, 1.807) is 29.2 Å². The molecule has 1 aliphatic heterocycles. The monoisotopic (exact) mass is 424 g/mol. The Hall–Kier alpha value is -2.90. The van der Waals surface area contributed by atoms with Gasteiger partial charge in [0.2, 0.25) is 0 Å². The highest BCUT2D eigenvalue weighted by Gasteiger charge is 2.26. The predicted octanol–water partition coefficient (Wildman–Crippen LogP) is 4.67. The number of thiophene rings is 1. The summed E-state index contributed by atoms with van der Waals surface area (Å²) >= 11 is 1.40. The van der Waals surface area contributed by atoms with Gasteiger partial charge < -0.3 is 4.90 Å². The van der Waals surface area contributed by atoms with E-state index in [2.05, 4.69) is 4.72 Å². The number of carbonyl (C=O) groups is 1. The predicted molar refractivity (Wildman–Crippen MR) is 119 cm³/mol. The van der Waals surface area contributed by atoms with Crippen LogP contribution >= 0.6 is 11.3 Å². The van der Waals surface area contributed by atoms with Crippen LogP contribution in [0, 0.1) is 6.92 Å². The standard InChI is InChI=1S/C22H20N2O3S2/c1-16-4-6-17(7-5-16)11-14-29(26,27)23-19-9-8-18-10-12-24(20(18)15-19)22(25)21-3-2-13-28-21/h2-9,11,13-15,23H,10,12H2,1H3. The summed E-state index contributed by atoms with van der Waals surface area (Å²) in [5.74, 6) is -0.0574. The van der Waals surface area contributed by atoms with E-state index in [0.717, 1.165) is 34.2 Å². The zero-order valence-electron chi connectivity index (χ0n) is 15.8. The third-order valence-electron chi connectivity index (χ3n) is 4.74. The largest absolute Gasteiger partial charge is 0.307 e. The second kappa shape index (κ2) is 7.85. The van der Waals surface area contributed by atoms with E-state index in [1.807, 2.05) is 48.7 Å². The van der Waals surface area contributed by atoms with Crippen molar-refractivity contribution in [3.63, 3.8) is 0 Å². The summed E-state index contributed by atoms with van der Waals surface area (Å²) in [6.07, 6.45) is 2.31. The van der Waals surface area contributed by atoms with E-state index in [4.69, 9.17) is 0 Å². The van der Waals surface area contributed by atoms with Gasteiger partial charge in [-0.1, -0.05) is 42.0 Å². The Balaban J connectivity index is 1.53. The van der Waals surface area contributed by atoms with Gasteiger partial charge in [0.05, 0.1) is 16.0 Å². The van der Waals surface area contributed by atoms with Crippen molar-refractivity contribution in [3.8, 4) is 0 Å². The molecular weight excluding hydrogens is 404 g/mol. The molecule has 1 amide bonds. The van der Waals surface area contributed by atoms with E-state index < -0.39 is 10.0 Å². The summed E-state index contributed by atoms with van der Waals surface area (Å²) in [5.41, 5.74) is 4.15. The molecule has 0 spiro atoms. The first-order chi connectivity index (χ1) is 13.9. The fourth-order valence-corrected chi connectivity index (χ4v) is 4.76. The first-order valence-electron chi connectivity index (χ1n) is 9.17. The van der Waals surface area contributed by atoms with E-state index in [-0.39, 0.29) is 5.91 Å². The first-order valence-corrected chi connectivity index (χ1v) is 11.6. The van der Waals surface area contributed by atoms with Crippen molar-refractivity contribution in [2.75, 3.05) is 16.2 Å². The lowest BCUT2D eigenvalue weighted by Gasteiger charge is -2.17. The molecule has 0 aliphatic carbocycles. The van der Waals surface area contributed by atoms with Crippen molar-refractivity contribution in [1.82, 2.24) is 0 Å². The van der Waals surface area contributed by atoms with Gasteiger partial charge in [0.15, 0.2) is 0 Å². The van der Waals surface area contributed by atoms with E-state index >= 15 is 0 Å². The molecule has 0 saturated carbocycles. The number of anilines is 2. The zero-order chi connectivity index (χ0) is 20.4. The van der Waals surface area contributed by atoms with E-state index in [1.165, 1.54) is 11.3 Å². The number of benzene rings is 2. The first kappa shape index (κ1) is 19.4. The molecule has 1 aromatic heterocycles. The van der Waals surface area contributed by atoms with Gasteiger partial charge in [-0.15, -0.1) is 11.3 Å². The quantitative estimate of drug-likeness (QED) is 0.647. The highest BCUT2D eigenvalue weighted by molar-refractivity contribution is 7.95. The summed E-state index contributed by atoms with van der Waals surface area (Å²) in [7, 11) is -3.67. The van der Waals surface area contributed by atoms with Crippen molar-refractivity contribution in [2.24, 2.45) is 0 Å². The van der Waals surface area contributed by atoms with Crippen LogP contribution in [0.3, 0.4) is 0 Å². The van der Waals surface area contributed by atoms with Gasteiger partial charge in [0.1, 0.15) is 0 Å². The maximum absolute atomic E-state index is 12.7. The van der Waals surface area contributed by atoms with Gasteiger partial charge >= 0.3 is 0 Å². The number of hydrogen-bond donors (Lipinski definition) is 1. The van der Waals surface area contributed by atoms with Crippen LogP contribution in [-0.4, -0.2) is 20.9 Å². The number of nitrogens with one attached hydrogen (secondary N) is 1. The lowest BCUT2D eigenvalue weighted by Crippen LogP contribution is -2.28. The number of carbonyl (C=O) groups excluding carboxylic acids is 1. The van der Waals surface area contributed by atoms with Crippen LogP contribution in [0.5, 0.6) is 0 Å². The Morgan fingerprint density at radius 3 is 2.66 bits per heavy atom. The summed E-state index contributed by atoms with van der Waals surface area (Å²) in [5, 5.41) is 3.02. The fourth-order valence-electron chi connectivity index (χ4n) is 3.23. The number of hydrogen-bond acceptors (Lipinski definition) is 4. The average molecular weight is 425 g/mol. The summed E-state index contributed by atoms with van der Waals surface area (Å²) in [6.45, 7) is 2.57. The van der Waals surface area contributed by atoms with Crippen molar-refractivity contribution in [2.45, 2.75) is 13.3 Å². The van der Waals surface area contributed by atoms with Gasteiger partial charge in [-0.3, -0.25) is 9.52 Å². The lowest BCUT2D eigenvalue weighted by atomic mass is 10.1. The van der Waals surface area contributed by atoms with Crippen molar-refractivity contribution in [1.29, 1.82) is 0 Å². The Morgan fingerprint density at radius 2 is 1.93 bits per heavy atom. The molecule has 1 aliphatic rings. The molecule has 0 atom stereocenters. The molecule has 7 heteroatoms. The number of nitrogens with zero attached hydrogens (tertiary/aromatic N) is 1. The highest BCUT2D eigenvalue weighted by atomic mass is 32.2. The Kier molecular flexibility index (Phi) is 5.25. The summed E-state index contributed by atoms with van der Waals surface area (Å²) < 4.78 is 27.5. The molecule has 0 unspecified atom stereocenters.